The number of hydrogen-bond acceptors (Lipinski definition) is 5. The van der Waals surface area contributed by atoms with Crippen LogP contribution >= 0.6 is 0 Å². The summed E-state index contributed by atoms with van der Waals surface area (Å²) in [5.41, 5.74) is 1.90. The lowest BCUT2D eigenvalue weighted by atomic mass is 10.1. The molecule has 0 atom stereocenters. The van der Waals surface area contributed by atoms with E-state index in [1.165, 1.54) is 18.2 Å². The number of para-hydroxylation sites is 1. The van der Waals surface area contributed by atoms with Crippen LogP contribution in [0, 0.1) is 5.82 Å². The number of carbonyl (C=O) groups excluding carboxylic acids is 3. The summed E-state index contributed by atoms with van der Waals surface area (Å²) in [6.45, 7) is 4.68. The Balaban J connectivity index is 1.53. The van der Waals surface area contributed by atoms with Crippen LogP contribution in [-0.2, 0) is 16.1 Å². The molecule has 3 aromatic carbocycles. The Bertz CT molecular complexity index is 1160. The third-order valence-corrected chi connectivity index (χ3v) is 5.22. The van der Waals surface area contributed by atoms with Crippen LogP contribution in [0.4, 0.5) is 10.1 Å². The van der Waals surface area contributed by atoms with E-state index in [2.05, 4.69) is 5.32 Å². The number of esters is 1. The Morgan fingerprint density at radius 2 is 1.54 bits per heavy atom. The molecule has 3 aromatic rings. The molecule has 0 heterocycles. The number of amides is 2. The molecule has 0 aliphatic rings. The maximum atomic E-state index is 13.1. The molecular weight excluding hydrogens is 451 g/mol. The molecule has 0 unspecified atom stereocenters. The Labute approximate surface area is 203 Å². The largest absolute Gasteiger partial charge is 0.488 e. The fraction of sp³-hybridized carbons (Fsp3) is 0.222. The van der Waals surface area contributed by atoms with Gasteiger partial charge in [0.1, 0.15) is 23.7 Å². The van der Waals surface area contributed by atoms with E-state index >= 15 is 0 Å². The van der Waals surface area contributed by atoms with Gasteiger partial charge in [-0.3, -0.25) is 9.59 Å². The van der Waals surface area contributed by atoms with Crippen molar-refractivity contribution in [3.05, 3.63) is 95.3 Å². The van der Waals surface area contributed by atoms with E-state index < -0.39 is 18.5 Å². The maximum absolute atomic E-state index is 13.1. The van der Waals surface area contributed by atoms with Gasteiger partial charge in [-0.2, -0.15) is 0 Å². The van der Waals surface area contributed by atoms with Gasteiger partial charge in [-0.25, -0.2) is 9.18 Å². The van der Waals surface area contributed by atoms with E-state index in [9.17, 15) is 18.8 Å². The van der Waals surface area contributed by atoms with Crippen molar-refractivity contribution in [2.75, 3.05) is 25.0 Å². The van der Waals surface area contributed by atoms with Crippen LogP contribution in [-0.4, -0.2) is 42.4 Å². The molecule has 35 heavy (non-hydrogen) atoms. The zero-order chi connectivity index (χ0) is 25.2. The molecule has 0 radical (unpaired) electrons. The summed E-state index contributed by atoms with van der Waals surface area (Å²) in [6.07, 6.45) is 0. The summed E-state index contributed by atoms with van der Waals surface area (Å²) in [5, 5.41) is 2.63. The summed E-state index contributed by atoms with van der Waals surface area (Å²) in [5.74, 6) is -1.38. The highest BCUT2D eigenvalue weighted by atomic mass is 19.1. The summed E-state index contributed by atoms with van der Waals surface area (Å²) < 4.78 is 23.9. The molecule has 0 spiro atoms. The first-order valence-corrected chi connectivity index (χ1v) is 11.2. The van der Waals surface area contributed by atoms with Crippen LogP contribution in [0.15, 0.2) is 72.8 Å². The van der Waals surface area contributed by atoms with E-state index in [4.69, 9.17) is 9.47 Å². The standard InChI is InChI=1S/C27H27FN2O5/c1-3-30(4-2)26(32)20-11-15-22(16-12-20)29-25(31)18-35-27(33)23-7-5-6-8-24(23)34-17-19-9-13-21(28)14-10-19/h5-16H,3-4,17-18H2,1-2H3,(H,29,31). The molecule has 0 saturated carbocycles. The monoisotopic (exact) mass is 478 g/mol. The van der Waals surface area contributed by atoms with Crippen molar-refractivity contribution in [2.24, 2.45) is 0 Å². The molecule has 3 rings (SSSR count). The fourth-order valence-electron chi connectivity index (χ4n) is 3.30. The second kappa shape index (κ2) is 12.3. The molecule has 0 bridgehead atoms. The van der Waals surface area contributed by atoms with Gasteiger partial charge in [0.15, 0.2) is 6.61 Å². The normalized spacial score (nSPS) is 10.4. The number of nitrogens with one attached hydrogen (secondary N) is 1. The van der Waals surface area contributed by atoms with Crippen molar-refractivity contribution in [1.82, 2.24) is 4.90 Å². The molecule has 182 valence electrons. The summed E-state index contributed by atoms with van der Waals surface area (Å²) >= 11 is 0. The first-order valence-electron chi connectivity index (χ1n) is 11.2. The highest BCUT2D eigenvalue weighted by molar-refractivity contribution is 5.98. The van der Waals surface area contributed by atoms with E-state index in [-0.39, 0.29) is 29.6 Å². The van der Waals surface area contributed by atoms with Crippen molar-refractivity contribution in [2.45, 2.75) is 20.5 Å². The van der Waals surface area contributed by atoms with E-state index in [1.807, 2.05) is 13.8 Å². The number of ether oxygens (including phenoxy) is 2. The molecular formula is C27H27FN2O5. The molecule has 0 saturated heterocycles. The molecule has 0 aromatic heterocycles. The van der Waals surface area contributed by atoms with E-state index in [0.29, 0.717) is 24.3 Å². The topological polar surface area (TPSA) is 84.9 Å². The Morgan fingerprint density at radius 1 is 0.886 bits per heavy atom. The second-order valence-electron chi connectivity index (χ2n) is 7.59. The van der Waals surface area contributed by atoms with Gasteiger partial charge in [-0.1, -0.05) is 24.3 Å². The average Bonchev–Trinajstić information content (AvgIpc) is 2.88. The number of halogens is 1. The lowest BCUT2D eigenvalue weighted by Crippen LogP contribution is -2.30. The van der Waals surface area contributed by atoms with Crippen LogP contribution in [0.3, 0.4) is 0 Å². The third-order valence-electron chi connectivity index (χ3n) is 5.22. The first kappa shape index (κ1) is 25.4. The quantitative estimate of drug-likeness (QED) is 0.428. The second-order valence-corrected chi connectivity index (χ2v) is 7.59. The van der Waals surface area contributed by atoms with E-state index in [1.54, 1.807) is 59.5 Å². The minimum absolute atomic E-state index is 0.0814. The average molecular weight is 479 g/mol. The van der Waals surface area contributed by atoms with Gasteiger partial charge < -0.3 is 19.7 Å². The van der Waals surface area contributed by atoms with Crippen LogP contribution in [0.1, 0.15) is 40.1 Å². The zero-order valence-corrected chi connectivity index (χ0v) is 19.6. The molecule has 0 aliphatic heterocycles. The minimum atomic E-state index is -0.713. The summed E-state index contributed by atoms with van der Waals surface area (Å²) in [4.78, 5) is 38.9. The summed E-state index contributed by atoms with van der Waals surface area (Å²) in [7, 11) is 0. The van der Waals surface area contributed by atoms with Crippen molar-refractivity contribution in [3.63, 3.8) is 0 Å². The highest BCUT2D eigenvalue weighted by Crippen LogP contribution is 2.21. The first-order chi connectivity index (χ1) is 16.9. The van der Waals surface area contributed by atoms with Gasteiger partial charge in [0.05, 0.1) is 0 Å². The van der Waals surface area contributed by atoms with Gasteiger partial charge in [0.2, 0.25) is 0 Å². The Morgan fingerprint density at radius 3 is 2.20 bits per heavy atom. The van der Waals surface area contributed by atoms with Gasteiger partial charge in [0.25, 0.3) is 11.8 Å². The molecule has 1 N–H and O–H groups in total. The van der Waals surface area contributed by atoms with Crippen LogP contribution in [0.2, 0.25) is 0 Å². The lowest BCUT2D eigenvalue weighted by molar-refractivity contribution is -0.119. The number of hydrogen-bond donors (Lipinski definition) is 1. The highest BCUT2D eigenvalue weighted by Gasteiger charge is 2.16. The molecule has 7 nitrogen and oxygen atoms in total. The zero-order valence-electron chi connectivity index (χ0n) is 19.6. The molecule has 8 heteroatoms. The Hall–Kier alpha value is -4.20. The number of rotatable bonds is 10. The van der Waals surface area contributed by atoms with E-state index in [0.717, 1.165) is 5.56 Å². The van der Waals surface area contributed by atoms with Crippen LogP contribution in [0.5, 0.6) is 5.75 Å². The predicted molar refractivity (Wildman–Crippen MR) is 130 cm³/mol. The molecule has 0 fully saturated rings. The number of carbonyl (C=O) groups is 3. The molecule has 2 amide bonds. The van der Waals surface area contributed by atoms with Crippen molar-refractivity contribution < 1.29 is 28.2 Å². The van der Waals surface area contributed by atoms with Crippen molar-refractivity contribution in [1.29, 1.82) is 0 Å². The van der Waals surface area contributed by atoms with Crippen molar-refractivity contribution >= 4 is 23.5 Å². The fourth-order valence-corrected chi connectivity index (χ4v) is 3.30. The number of anilines is 1. The summed E-state index contributed by atoms with van der Waals surface area (Å²) in [6, 6.07) is 18.9. The van der Waals surface area contributed by atoms with Crippen molar-refractivity contribution in [3.8, 4) is 5.75 Å². The third kappa shape index (κ3) is 7.14. The van der Waals surface area contributed by atoms with Crippen LogP contribution < -0.4 is 10.1 Å². The van der Waals surface area contributed by atoms with Gasteiger partial charge >= 0.3 is 5.97 Å². The minimum Gasteiger partial charge on any atom is -0.488 e. The van der Waals surface area contributed by atoms with Gasteiger partial charge in [0, 0.05) is 24.3 Å². The van der Waals surface area contributed by atoms with Gasteiger partial charge in [-0.15, -0.1) is 0 Å². The number of nitrogens with zero attached hydrogens (tertiary/aromatic N) is 1. The SMILES string of the molecule is CCN(CC)C(=O)c1ccc(NC(=O)COC(=O)c2ccccc2OCc2ccc(F)cc2)cc1. The Kier molecular flexibility index (Phi) is 8.95. The predicted octanol–water partition coefficient (Wildman–Crippen LogP) is 4.68. The smallest absolute Gasteiger partial charge is 0.342 e. The lowest BCUT2D eigenvalue weighted by Gasteiger charge is -2.18. The van der Waals surface area contributed by atoms with Crippen LogP contribution in [0.25, 0.3) is 0 Å². The maximum Gasteiger partial charge on any atom is 0.342 e. The number of benzene rings is 3. The van der Waals surface area contributed by atoms with Gasteiger partial charge in [-0.05, 0) is 67.9 Å². The molecule has 0 aliphatic carbocycles.